The van der Waals surface area contributed by atoms with Crippen molar-refractivity contribution in [2.75, 3.05) is 19.6 Å². The Morgan fingerprint density at radius 2 is 0.822 bits per heavy atom. The predicted molar refractivity (Wildman–Crippen MR) is 306 cm³/mol. The molecule has 3 aliphatic carbocycles. The zero-order valence-electron chi connectivity index (χ0n) is 40.3. The van der Waals surface area contributed by atoms with Gasteiger partial charge in [-0.25, -0.2) is 0 Å². The summed E-state index contributed by atoms with van der Waals surface area (Å²) in [5.74, 6) is 0. The number of nitrogens with zero attached hydrogens (tertiary/aromatic N) is 4. The number of rotatable bonds is 6. The van der Waals surface area contributed by atoms with Crippen LogP contribution in [0.2, 0.25) is 0 Å². The van der Waals surface area contributed by atoms with E-state index in [0.717, 1.165) is 53.4 Å². The van der Waals surface area contributed by atoms with Crippen LogP contribution in [-0.2, 0) is 18.3 Å². The van der Waals surface area contributed by atoms with E-state index in [4.69, 9.17) is 0 Å². The van der Waals surface area contributed by atoms with Crippen LogP contribution in [0.25, 0.3) is 34.1 Å². The fourth-order valence-corrected chi connectivity index (χ4v) is 12.9. The summed E-state index contributed by atoms with van der Waals surface area (Å²) in [5, 5.41) is 2.42. The highest BCUT2D eigenvalue weighted by atomic mass is 15.3. The van der Waals surface area contributed by atoms with E-state index in [1.165, 1.54) is 83.7 Å². The minimum Gasteiger partial charge on any atom is -0.331 e. The summed E-state index contributed by atoms with van der Waals surface area (Å²) < 4.78 is 0. The maximum Gasteiger partial charge on any atom is 0.0703 e. The van der Waals surface area contributed by atoms with E-state index < -0.39 is 0 Å². The first kappa shape index (κ1) is 41.6. The van der Waals surface area contributed by atoms with Gasteiger partial charge in [-0.05, 0) is 166 Å². The molecule has 10 aromatic carbocycles. The average molecular weight is 935 g/mol. The summed E-state index contributed by atoms with van der Waals surface area (Å²) in [6, 6.07) is 83.7. The Hall–Kier alpha value is -9.12. The van der Waals surface area contributed by atoms with Crippen LogP contribution in [0.1, 0.15) is 39.8 Å². The maximum atomic E-state index is 2.54. The molecule has 0 N–H and O–H groups in total. The molecular formula is C69H50N4. The minimum atomic E-state index is -0.176. The van der Waals surface area contributed by atoms with Gasteiger partial charge in [-0.2, -0.15) is 0 Å². The van der Waals surface area contributed by atoms with Gasteiger partial charge in [0.25, 0.3) is 0 Å². The Balaban J connectivity index is 0.769. The van der Waals surface area contributed by atoms with Crippen LogP contribution < -0.4 is 19.6 Å². The molecule has 4 nitrogen and oxygen atoms in total. The van der Waals surface area contributed by atoms with E-state index in [2.05, 4.69) is 281 Å². The van der Waals surface area contributed by atoms with Gasteiger partial charge in [-0.3, -0.25) is 0 Å². The lowest BCUT2D eigenvalue weighted by molar-refractivity contribution is 0.563. The van der Waals surface area contributed by atoms with Crippen LogP contribution in [0, 0.1) is 0 Å². The molecular weight excluding hydrogens is 885 g/mol. The van der Waals surface area contributed by atoms with Gasteiger partial charge in [0.1, 0.15) is 0 Å². The molecule has 0 radical (unpaired) electrons. The fraction of sp³-hybridized carbons (Fsp3) is 0.0725. The number of hydrogen-bond acceptors (Lipinski definition) is 4. The highest BCUT2D eigenvalue weighted by Gasteiger charge is 2.48. The highest BCUT2D eigenvalue weighted by molar-refractivity contribution is 6.03. The summed E-state index contributed by atoms with van der Waals surface area (Å²) in [7, 11) is 0. The maximum absolute atomic E-state index is 2.54. The summed E-state index contributed by atoms with van der Waals surface area (Å²) in [4.78, 5) is 9.83. The van der Waals surface area contributed by atoms with Gasteiger partial charge in [0.15, 0.2) is 0 Å². The zero-order chi connectivity index (χ0) is 48.0. The normalized spacial score (nSPS) is 16.3. The summed E-state index contributed by atoms with van der Waals surface area (Å²) >= 11 is 0. The van der Waals surface area contributed by atoms with E-state index in [-0.39, 0.29) is 11.5 Å². The van der Waals surface area contributed by atoms with Gasteiger partial charge in [0.2, 0.25) is 0 Å². The molecule has 0 amide bonds. The smallest absolute Gasteiger partial charge is 0.0703 e. The lowest BCUT2D eigenvalue weighted by Crippen LogP contribution is -2.35. The van der Waals surface area contributed by atoms with E-state index in [1.54, 1.807) is 0 Å². The van der Waals surface area contributed by atoms with Crippen molar-refractivity contribution in [1.82, 2.24) is 0 Å². The Labute approximate surface area is 427 Å². The molecule has 15 rings (SSSR count). The number of allylic oxidation sites excluding steroid dienone is 2. The van der Waals surface area contributed by atoms with Crippen LogP contribution in [0.3, 0.4) is 0 Å². The number of hydrogen-bond donors (Lipinski definition) is 0. The molecule has 1 unspecified atom stereocenters. The fourth-order valence-electron chi connectivity index (χ4n) is 12.9. The zero-order valence-corrected chi connectivity index (χ0v) is 40.3. The second kappa shape index (κ2) is 16.5. The second-order valence-corrected chi connectivity index (χ2v) is 20.1. The molecule has 1 spiro atoms. The lowest BCUT2D eigenvalue weighted by Gasteiger charge is -2.43. The molecule has 2 aliphatic heterocycles. The van der Waals surface area contributed by atoms with E-state index >= 15 is 0 Å². The standard InChI is InChI=1S/C69H50N4/c1-3-19-53(20-4-1)70-61-23-9-13-27-65(61)72(66-28-14-10-24-62(66)70)55-37-36-49-41-47(33-35-50(49)43-55)31-32-48-34-39-57-58-40-38-56(44-60(58)69(59(57)42-48)45-51-17-7-8-18-52(51)46-69)73-67-29-15-11-25-63(67)71(54-21-5-2-6-22-54)64-26-12-16-30-68(64)73/h1-21,23-44,54H,22,45-46H2/b32-31+. The highest BCUT2D eigenvalue weighted by Crippen LogP contribution is 2.59. The minimum absolute atomic E-state index is 0.176. The Morgan fingerprint density at radius 1 is 0.370 bits per heavy atom. The monoisotopic (exact) mass is 934 g/mol. The Morgan fingerprint density at radius 3 is 1.42 bits per heavy atom. The largest absolute Gasteiger partial charge is 0.331 e. The molecule has 0 aromatic heterocycles. The van der Waals surface area contributed by atoms with Gasteiger partial charge in [0, 0.05) is 22.5 Å². The van der Waals surface area contributed by atoms with Crippen molar-refractivity contribution in [2.45, 2.75) is 30.7 Å². The SMILES string of the molecule is C1=CCC(N2c3ccccc3N(c3ccc4c(c3)C3(Cc5ccccc5C3)c3cc(/C=C/c5ccc6cc(N7c8ccccc8N(c8ccccc8)c8ccccc87)ccc6c5)ccc3-4)c3ccccc32)C=C1. The van der Waals surface area contributed by atoms with Crippen LogP contribution in [-0.4, -0.2) is 6.04 Å². The molecule has 5 aliphatic rings. The molecule has 0 bridgehead atoms. The number of benzene rings is 10. The Bertz CT molecular complexity index is 3840. The molecule has 2 heterocycles. The molecule has 4 heteroatoms. The first-order valence-corrected chi connectivity index (χ1v) is 25.7. The van der Waals surface area contributed by atoms with Crippen molar-refractivity contribution in [1.29, 1.82) is 0 Å². The predicted octanol–water partition coefficient (Wildman–Crippen LogP) is 18.1. The third kappa shape index (κ3) is 6.53. The van der Waals surface area contributed by atoms with Crippen LogP contribution in [0.4, 0.5) is 62.6 Å². The number of fused-ring (bicyclic) bond motifs is 11. The summed E-state index contributed by atoms with van der Waals surface area (Å²) in [6.45, 7) is 0. The van der Waals surface area contributed by atoms with E-state index in [0.29, 0.717) is 0 Å². The molecule has 73 heavy (non-hydrogen) atoms. The summed E-state index contributed by atoms with van der Waals surface area (Å²) in [5.41, 5.74) is 23.7. The summed E-state index contributed by atoms with van der Waals surface area (Å²) in [6.07, 6.45) is 16.5. The third-order valence-corrected chi connectivity index (χ3v) is 16.1. The van der Waals surface area contributed by atoms with Crippen molar-refractivity contribution in [3.63, 3.8) is 0 Å². The van der Waals surface area contributed by atoms with Crippen molar-refractivity contribution in [3.8, 4) is 11.1 Å². The number of anilines is 11. The molecule has 0 saturated carbocycles. The topological polar surface area (TPSA) is 13.0 Å². The molecule has 0 fully saturated rings. The first-order valence-electron chi connectivity index (χ1n) is 25.7. The quantitative estimate of drug-likeness (QED) is 0.154. The van der Waals surface area contributed by atoms with Crippen molar-refractivity contribution >= 4 is 85.5 Å². The van der Waals surface area contributed by atoms with Crippen LogP contribution in [0.15, 0.2) is 249 Å². The van der Waals surface area contributed by atoms with Crippen molar-refractivity contribution in [2.24, 2.45) is 0 Å². The van der Waals surface area contributed by atoms with Gasteiger partial charge < -0.3 is 19.6 Å². The van der Waals surface area contributed by atoms with Crippen molar-refractivity contribution < 1.29 is 0 Å². The second-order valence-electron chi connectivity index (χ2n) is 20.1. The molecule has 10 aromatic rings. The van der Waals surface area contributed by atoms with Crippen LogP contribution in [0.5, 0.6) is 0 Å². The lowest BCUT2D eigenvalue weighted by atomic mass is 9.75. The third-order valence-electron chi connectivity index (χ3n) is 16.1. The van der Waals surface area contributed by atoms with Gasteiger partial charge in [0.05, 0.1) is 51.5 Å². The van der Waals surface area contributed by atoms with Gasteiger partial charge in [-0.1, -0.05) is 170 Å². The van der Waals surface area contributed by atoms with E-state index in [9.17, 15) is 0 Å². The molecule has 1 atom stereocenters. The van der Waals surface area contributed by atoms with Gasteiger partial charge in [-0.15, -0.1) is 0 Å². The molecule has 0 saturated heterocycles. The first-order chi connectivity index (χ1) is 36.2. The number of para-hydroxylation sites is 9. The molecule has 346 valence electrons. The van der Waals surface area contributed by atoms with E-state index in [1.807, 2.05) is 0 Å². The average Bonchev–Trinajstić information content (AvgIpc) is 3.99. The van der Waals surface area contributed by atoms with Crippen LogP contribution >= 0.6 is 0 Å². The van der Waals surface area contributed by atoms with Gasteiger partial charge >= 0.3 is 0 Å². The van der Waals surface area contributed by atoms with Crippen molar-refractivity contribution in [3.05, 3.63) is 282 Å². The Kier molecular flexibility index (Phi) is 9.40.